The van der Waals surface area contributed by atoms with E-state index in [0.717, 1.165) is 0 Å². The maximum Gasteiger partial charge on any atom is 0.276 e. The molecule has 1 nitrogen and oxygen atoms in total. The topological polar surface area (TPSA) is 20.2 Å². The van der Waals surface area contributed by atoms with Crippen molar-refractivity contribution < 1.29 is 13.9 Å². The van der Waals surface area contributed by atoms with Crippen molar-refractivity contribution >= 4 is 5.57 Å². The van der Waals surface area contributed by atoms with Gasteiger partial charge in [-0.1, -0.05) is 30.3 Å². The maximum absolute atomic E-state index is 12.1. The van der Waals surface area contributed by atoms with Crippen LogP contribution in [0.25, 0.3) is 5.57 Å². The summed E-state index contributed by atoms with van der Waals surface area (Å²) in [4.78, 5) is 0. The molecule has 0 aliphatic heterocycles. The Morgan fingerprint density at radius 2 is 1.75 bits per heavy atom. The number of benzene rings is 1. The lowest BCUT2D eigenvalue weighted by atomic mass is 10.1. The Hall–Kier alpha value is -1.22. The van der Waals surface area contributed by atoms with Crippen LogP contribution < -0.4 is 0 Å². The lowest BCUT2D eigenvalue weighted by Crippen LogP contribution is -1.90. The van der Waals surface area contributed by atoms with Gasteiger partial charge in [-0.05, 0) is 5.56 Å². The van der Waals surface area contributed by atoms with Crippen LogP contribution in [0.2, 0.25) is 0 Å². The first-order chi connectivity index (χ1) is 5.75. The fourth-order valence-corrected chi connectivity index (χ4v) is 0.899. The summed E-state index contributed by atoms with van der Waals surface area (Å²) in [5, 5.41) is 8.61. The van der Waals surface area contributed by atoms with Gasteiger partial charge in [0.1, 0.15) is 0 Å². The second-order valence-electron chi connectivity index (χ2n) is 2.26. The molecule has 3 heteroatoms. The van der Waals surface area contributed by atoms with Gasteiger partial charge in [-0.25, -0.2) is 0 Å². The molecule has 1 rings (SSSR count). The molecule has 0 atom stereocenters. The largest absolute Gasteiger partial charge is 0.391 e. The van der Waals surface area contributed by atoms with Gasteiger partial charge >= 0.3 is 0 Å². The van der Waals surface area contributed by atoms with E-state index in [2.05, 4.69) is 0 Å². The zero-order valence-corrected chi connectivity index (χ0v) is 6.30. The zero-order valence-electron chi connectivity index (χ0n) is 6.30. The second-order valence-corrected chi connectivity index (χ2v) is 2.26. The number of aliphatic hydroxyl groups is 1. The third-order valence-electron chi connectivity index (χ3n) is 1.51. The molecule has 0 radical (unpaired) electrons. The fraction of sp³-hybridized carbons (Fsp3) is 0.111. The molecule has 0 fully saturated rings. The van der Waals surface area contributed by atoms with Gasteiger partial charge in [-0.15, -0.1) is 0 Å². The second kappa shape index (κ2) is 3.97. The monoisotopic (exact) mass is 170 g/mol. The van der Waals surface area contributed by atoms with Crippen LogP contribution in [0.3, 0.4) is 0 Å². The SMILES string of the molecule is OCC(=C(F)F)c1ccccc1. The Labute approximate surface area is 69.0 Å². The molecule has 12 heavy (non-hydrogen) atoms. The molecule has 1 N–H and O–H groups in total. The number of hydrogen-bond donors (Lipinski definition) is 1. The molecule has 0 unspecified atom stereocenters. The van der Waals surface area contributed by atoms with Gasteiger partial charge in [-0.2, -0.15) is 8.78 Å². The van der Waals surface area contributed by atoms with Crippen LogP contribution in [-0.2, 0) is 0 Å². The summed E-state index contributed by atoms with van der Waals surface area (Å²) in [6.07, 6.45) is -1.83. The van der Waals surface area contributed by atoms with Crippen LogP contribution in [-0.4, -0.2) is 11.7 Å². The van der Waals surface area contributed by atoms with Crippen molar-refractivity contribution in [3.05, 3.63) is 42.0 Å². The van der Waals surface area contributed by atoms with Crippen molar-refractivity contribution in [2.45, 2.75) is 0 Å². The first-order valence-corrected chi connectivity index (χ1v) is 3.46. The average molecular weight is 170 g/mol. The van der Waals surface area contributed by atoms with Gasteiger partial charge in [0.2, 0.25) is 0 Å². The Morgan fingerprint density at radius 3 is 2.17 bits per heavy atom. The summed E-state index contributed by atoms with van der Waals surface area (Å²) < 4.78 is 24.2. The highest BCUT2D eigenvalue weighted by Gasteiger charge is 2.06. The minimum atomic E-state index is -1.83. The van der Waals surface area contributed by atoms with E-state index < -0.39 is 12.7 Å². The molecular formula is C9H8F2O. The van der Waals surface area contributed by atoms with E-state index in [1.54, 1.807) is 18.2 Å². The van der Waals surface area contributed by atoms with E-state index in [0.29, 0.717) is 5.56 Å². The summed E-state index contributed by atoms with van der Waals surface area (Å²) >= 11 is 0. The Kier molecular flexibility index (Phi) is 2.94. The smallest absolute Gasteiger partial charge is 0.276 e. The van der Waals surface area contributed by atoms with Gasteiger partial charge in [-0.3, -0.25) is 0 Å². The zero-order chi connectivity index (χ0) is 8.97. The molecule has 0 aliphatic carbocycles. The predicted octanol–water partition coefficient (Wildman–Crippen LogP) is 2.29. The molecule has 0 aromatic heterocycles. The van der Waals surface area contributed by atoms with Crippen molar-refractivity contribution in [1.29, 1.82) is 0 Å². The van der Waals surface area contributed by atoms with Crippen molar-refractivity contribution in [3.8, 4) is 0 Å². The summed E-state index contributed by atoms with van der Waals surface area (Å²) in [7, 11) is 0. The first kappa shape index (κ1) is 8.87. The van der Waals surface area contributed by atoms with E-state index >= 15 is 0 Å². The molecule has 0 saturated heterocycles. The molecule has 0 heterocycles. The number of rotatable bonds is 2. The Balaban J connectivity index is 3.05. The first-order valence-electron chi connectivity index (χ1n) is 3.46. The van der Waals surface area contributed by atoms with Crippen LogP contribution in [0.1, 0.15) is 5.56 Å². The Bertz CT molecular complexity index is 276. The van der Waals surface area contributed by atoms with Gasteiger partial charge < -0.3 is 5.11 Å². The number of hydrogen-bond acceptors (Lipinski definition) is 1. The van der Waals surface area contributed by atoms with Crippen LogP contribution in [0.15, 0.2) is 36.4 Å². The molecule has 0 amide bonds. The van der Waals surface area contributed by atoms with Crippen LogP contribution >= 0.6 is 0 Å². The summed E-state index contributed by atoms with van der Waals surface area (Å²) in [6.45, 7) is -0.633. The summed E-state index contributed by atoms with van der Waals surface area (Å²) in [5.41, 5.74) is 0.0515. The van der Waals surface area contributed by atoms with E-state index in [9.17, 15) is 8.78 Å². The quantitative estimate of drug-likeness (QED) is 0.721. The van der Waals surface area contributed by atoms with Gasteiger partial charge in [0.15, 0.2) is 0 Å². The van der Waals surface area contributed by atoms with E-state index in [4.69, 9.17) is 5.11 Å². The van der Waals surface area contributed by atoms with Crippen molar-refractivity contribution in [2.24, 2.45) is 0 Å². The fourth-order valence-electron chi connectivity index (χ4n) is 0.899. The molecule has 64 valence electrons. The summed E-state index contributed by atoms with van der Waals surface area (Å²) in [6, 6.07) is 8.09. The minimum Gasteiger partial charge on any atom is -0.391 e. The highest BCUT2D eigenvalue weighted by Crippen LogP contribution is 2.19. The highest BCUT2D eigenvalue weighted by molar-refractivity contribution is 5.66. The van der Waals surface area contributed by atoms with Crippen LogP contribution in [0.5, 0.6) is 0 Å². The van der Waals surface area contributed by atoms with Crippen LogP contribution in [0.4, 0.5) is 8.78 Å². The lowest BCUT2D eigenvalue weighted by Gasteiger charge is -2.00. The molecule has 0 saturated carbocycles. The van der Waals surface area contributed by atoms with Crippen molar-refractivity contribution in [2.75, 3.05) is 6.61 Å². The molecule has 1 aromatic carbocycles. The molecular weight excluding hydrogens is 162 g/mol. The summed E-state index contributed by atoms with van der Waals surface area (Å²) in [5.74, 6) is 0. The lowest BCUT2D eigenvalue weighted by molar-refractivity contribution is 0.337. The number of aliphatic hydroxyl groups excluding tert-OH is 1. The molecule has 1 aromatic rings. The normalized spacial score (nSPS) is 9.58. The standard InChI is InChI=1S/C9H8F2O/c10-9(11)8(6-12)7-4-2-1-3-5-7/h1-5,12H,6H2. The predicted molar refractivity (Wildman–Crippen MR) is 42.7 cm³/mol. The molecule has 0 aliphatic rings. The Morgan fingerprint density at radius 1 is 1.17 bits per heavy atom. The average Bonchev–Trinajstić information content (AvgIpc) is 2.07. The van der Waals surface area contributed by atoms with E-state index in [1.165, 1.54) is 12.1 Å². The highest BCUT2D eigenvalue weighted by atomic mass is 19.3. The van der Waals surface area contributed by atoms with E-state index in [-0.39, 0.29) is 5.57 Å². The molecule has 0 spiro atoms. The van der Waals surface area contributed by atoms with Gasteiger partial charge in [0, 0.05) is 5.57 Å². The minimum absolute atomic E-state index is 0.310. The van der Waals surface area contributed by atoms with Gasteiger partial charge in [0.05, 0.1) is 6.61 Å². The van der Waals surface area contributed by atoms with Crippen molar-refractivity contribution in [1.82, 2.24) is 0 Å². The van der Waals surface area contributed by atoms with Crippen molar-refractivity contribution in [3.63, 3.8) is 0 Å². The molecule has 0 bridgehead atoms. The van der Waals surface area contributed by atoms with E-state index in [1.807, 2.05) is 0 Å². The third kappa shape index (κ3) is 1.89. The third-order valence-corrected chi connectivity index (χ3v) is 1.51. The van der Waals surface area contributed by atoms with Gasteiger partial charge in [0.25, 0.3) is 6.08 Å². The van der Waals surface area contributed by atoms with Crippen LogP contribution in [0, 0.1) is 0 Å². The maximum atomic E-state index is 12.1. The number of halogens is 2.